The molecule has 8 aliphatic rings. The van der Waals surface area contributed by atoms with Crippen molar-refractivity contribution < 1.29 is 81.0 Å². The molecule has 0 aromatic heterocycles. The first-order valence-electron chi connectivity index (χ1n) is 45.3. The van der Waals surface area contributed by atoms with Crippen molar-refractivity contribution >= 4 is 201 Å². The molecule has 2 atom stereocenters. The van der Waals surface area contributed by atoms with Crippen LogP contribution in [0.25, 0.3) is 33.4 Å². The largest absolute Gasteiger partial charge is 0.358 e. The van der Waals surface area contributed by atoms with E-state index in [-0.39, 0.29) is 44.2 Å². The summed E-state index contributed by atoms with van der Waals surface area (Å²) in [4.78, 5) is 12.7. The van der Waals surface area contributed by atoms with Gasteiger partial charge in [0.1, 0.15) is 88.0 Å². The molecule has 0 N–H and O–H groups in total. The van der Waals surface area contributed by atoms with Gasteiger partial charge < -0.3 is 0 Å². The highest BCUT2D eigenvalue weighted by Crippen LogP contribution is 2.64. The van der Waals surface area contributed by atoms with E-state index in [0.29, 0.717) is 116 Å². The lowest BCUT2D eigenvalue weighted by Crippen LogP contribution is -2.42. The van der Waals surface area contributed by atoms with E-state index in [0.717, 1.165) is 85.0 Å². The standard InChI is InChI=1S/C23H24N2O4S2.C20H16N2O3S2.C19H14N2O3S2.C16H16N2O3S2.C15H14N2O3S2.C14H12N2O3S2/c1-15-6-4-5-7-17(15)19(13-24)18-9-11-30-21(18)25-29-31(27,28)14-23-10-8-16(12-20(23)26)22(23,2)3;1-14-7-9-16(10-8-14)27(23,24)25-22-20-18(11-12-26-20)19(13-21)17-6-4-3-5-15(17)2;1-14-7-5-6-10-16(14)18(13-20)17-11-12-25-19(17)21-24-26(22,23)15-8-3-2-4-9-15;1-3-10-23(19,20)21-18-16-14(8-9-22-16)15(11-17)13-7-5-4-6-12(13)2;1-3-22(18,19)20-17-15-13(8-9-21-15)14(10-16)12-7-5-4-6-11(12)2;1-10-5-3-4-6-11(10)13(9-15)12-7-8-20-14(12)16-19-21(2,17)18/h4-7,9,11,16H,8,10,12,14H2,1-3H3;3-12H,1-2H3;2-12H,1H3;4-9H,3,10H2,1-2H3;4-9H,3H2,1-2H3;3-8H,1-2H3/b19-18-,25-21-;19-18-,22-20-;18-17-,21-19-;15-14-,18-16-;14-13-,17-15-;13-12-,16-14-. The molecule has 0 radical (unpaired) electrons. The Morgan fingerprint density at radius 3 is 0.840 bits per heavy atom. The minimum absolute atomic E-state index is 0.0115. The second kappa shape index (κ2) is 52.4. The lowest BCUT2D eigenvalue weighted by atomic mass is 9.70. The van der Waals surface area contributed by atoms with E-state index in [1.807, 2.05) is 208 Å². The fourth-order valence-electron chi connectivity index (χ4n) is 15.8. The maximum atomic E-state index is 12.8. The molecule has 8 aromatic carbocycles. The van der Waals surface area contributed by atoms with E-state index in [2.05, 4.69) is 75.9 Å². The summed E-state index contributed by atoms with van der Waals surface area (Å²) in [5.74, 6) is -0.386. The highest BCUT2D eigenvalue weighted by Gasteiger charge is 2.66. The Morgan fingerprint density at radius 1 is 0.340 bits per heavy atom. The van der Waals surface area contributed by atoms with Crippen LogP contribution >= 0.6 is 70.6 Å². The van der Waals surface area contributed by atoms with Crippen LogP contribution in [-0.2, 0) is 91.2 Å². The van der Waals surface area contributed by atoms with E-state index in [1.165, 1.54) is 102 Å². The lowest BCUT2D eigenvalue weighted by Gasteiger charge is -2.35. The molecule has 2 saturated carbocycles. The number of fused-ring (bicyclic) bond motifs is 2. The van der Waals surface area contributed by atoms with Gasteiger partial charge in [-0.25, -0.2) is 0 Å². The number of thioether (sulfide) groups is 6. The minimum atomic E-state index is -4.08. The summed E-state index contributed by atoms with van der Waals surface area (Å²) in [6, 6.07) is 72.2. The third kappa shape index (κ3) is 29.7. The van der Waals surface area contributed by atoms with E-state index in [4.69, 9.17) is 17.1 Å². The van der Waals surface area contributed by atoms with Crippen LogP contribution in [0.3, 0.4) is 0 Å². The van der Waals surface area contributed by atoms with E-state index < -0.39 is 66.1 Å². The average molecular weight is 2240 g/mol. The van der Waals surface area contributed by atoms with Gasteiger partial charge in [-0.3, -0.25) is 30.5 Å². The van der Waals surface area contributed by atoms with Crippen molar-refractivity contribution in [1.82, 2.24) is 0 Å². The molecule has 770 valence electrons. The summed E-state index contributed by atoms with van der Waals surface area (Å²) in [5.41, 5.74) is 15.9. The first-order valence-corrected chi connectivity index (χ1v) is 60.0. The Kier molecular flexibility index (Phi) is 40.5. The number of Topliss-reactive ketones (excluding diaryl/α,β-unsaturated/α-hetero) is 1. The quantitative estimate of drug-likeness (QED) is 0.0379. The summed E-state index contributed by atoms with van der Waals surface area (Å²) in [7, 11) is -23.1. The van der Waals surface area contributed by atoms with Crippen LogP contribution in [0.1, 0.15) is 126 Å². The van der Waals surface area contributed by atoms with Crippen LogP contribution in [-0.4, -0.2) is 110 Å². The number of nitriles is 6. The average Bonchev–Trinajstić information content (AvgIpc) is 1.54. The summed E-state index contributed by atoms with van der Waals surface area (Å²) < 4.78 is 171. The zero-order valence-electron chi connectivity index (χ0n) is 82.5. The van der Waals surface area contributed by atoms with Crippen LogP contribution in [0.4, 0.5) is 0 Å². The van der Waals surface area contributed by atoms with Gasteiger partial charge in [0, 0.05) is 39.9 Å². The highest BCUT2D eigenvalue weighted by atomic mass is 32.2. The number of carbonyl (C=O) groups excluding carboxylic acids is 1. The number of aryl methyl sites for hydroxylation is 7. The van der Waals surface area contributed by atoms with Gasteiger partial charge in [0.25, 0.3) is 0 Å². The number of benzene rings is 8. The number of ketones is 1. The number of allylic oxidation sites excluding steroid dienone is 12. The van der Waals surface area contributed by atoms with Crippen molar-refractivity contribution in [3.05, 3.63) is 375 Å². The molecule has 8 aromatic rings. The smallest absolute Gasteiger partial charge is 0.299 e. The Labute approximate surface area is 899 Å². The molecule has 2 fully saturated rings. The molecule has 150 heavy (non-hydrogen) atoms. The van der Waals surface area contributed by atoms with E-state index in [1.54, 1.807) is 106 Å². The monoisotopic (exact) mass is 2240 g/mol. The molecule has 16 rings (SSSR count). The molecule has 0 saturated heterocycles. The summed E-state index contributed by atoms with van der Waals surface area (Å²) >= 11 is 7.25. The SMILES string of the molecule is CCCS(=O)(=O)O/N=C1\SC=C\C1=C(/C#N)c1ccccc1C.CCS(=O)(=O)O/N=C1\SC=C\C1=C(/C#N)c1ccccc1C.Cc1ccc(S(=O)(=O)O/N=C2\SC=C\C2=C(/C#N)c2ccccc2C)cc1.Cc1ccccc1/C(C#N)=C1/C=CS/C1=N\OS(=O)(=O)CC12CCC(CC1=O)C2(C)C.Cc1ccccc1/C(C#N)=C1/C=CS/C1=N\OS(=O)(=O)c1ccccc1.Cc1ccccc1/C(C#N)=C1/C=CS/C1=N\OS(C)(=O)=O. The predicted octanol–water partition coefficient (Wildman–Crippen LogP) is 23.0. The van der Waals surface area contributed by atoms with Crippen LogP contribution in [0, 0.1) is 133 Å². The second-order valence-corrected chi connectivity index (χ2v) is 48.9. The number of nitrogens with zero attached hydrogens (tertiary/aromatic N) is 12. The van der Waals surface area contributed by atoms with Gasteiger partial charge in [-0.2, -0.15) is 82.1 Å². The first-order chi connectivity index (χ1) is 71.4. The molecule has 2 unspecified atom stereocenters. The maximum Gasteiger partial charge on any atom is 0.358 e. The molecule has 0 amide bonds. The predicted molar refractivity (Wildman–Crippen MR) is 597 cm³/mol. The molecular formula is C107H96N12O19S12. The molecule has 2 bridgehead atoms. The van der Waals surface area contributed by atoms with Crippen molar-refractivity contribution in [2.45, 2.75) is 112 Å². The number of rotatable bonds is 25. The van der Waals surface area contributed by atoms with Crippen molar-refractivity contribution in [2.24, 2.45) is 47.7 Å². The molecule has 6 aliphatic heterocycles. The van der Waals surface area contributed by atoms with Crippen molar-refractivity contribution in [1.29, 1.82) is 31.6 Å². The van der Waals surface area contributed by atoms with E-state index in [9.17, 15) is 86.9 Å². The van der Waals surface area contributed by atoms with Crippen LogP contribution in [0.5, 0.6) is 0 Å². The van der Waals surface area contributed by atoms with Gasteiger partial charge in [0.2, 0.25) is 0 Å². The third-order valence-electron chi connectivity index (χ3n) is 23.7. The molecule has 6 heterocycles. The fraction of sp³-hybridized carbons (Fsp3) is 0.206. The molecule has 43 heteroatoms. The summed E-state index contributed by atoms with van der Waals surface area (Å²) in [6.45, 7) is 20.5. The van der Waals surface area contributed by atoms with Crippen molar-refractivity contribution in [3.8, 4) is 36.4 Å². The number of hydrogen-bond donors (Lipinski definition) is 0. The topological polar surface area (TPSA) is 494 Å². The van der Waals surface area contributed by atoms with Crippen molar-refractivity contribution in [3.63, 3.8) is 0 Å². The zero-order valence-corrected chi connectivity index (χ0v) is 92.3. The van der Waals surface area contributed by atoms with Crippen LogP contribution in [0.2, 0.25) is 0 Å². The van der Waals surface area contributed by atoms with Gasteiger partial charge in [-0.05, 0) is 246 Å². The first kappa shape index (κ1) is 116. The molecule has 2 aliphatic carbocycles. The van der Waals surface area contributed by atoms with E-state index >= 15 is 0 Å². The highest BCUT2D eigenvalue weighted by molar-refractivity contribution is 8.19. The third-order valence-corrected chi connectivity index (χ3v) is 34.4. The normalized spacial score (nSPS) is 20.2. The maximum absolute atomic E-state index is 12.8. The Morgan fingerprint density at radius 2 is 0.593 bits per heavy atom. The van der Waals surface area contributed by atoms with Gasteiger partial charge in [0.05, 0.1) is 56.6 Å². The van der Waals surface area contributed by atoms with Gasteiger partial charge in [0.15, 0.2) is 0 Å². The summed E-state index contributed by atoms with van der Waals surface area (Å²) in [6.07, 6.45) is 13.6. The number of carbonyl (C=O) groups is 1. The zero-order chi connectivity index (χ0) is 109. The van der Waals surface area contributed by atoms with Crippen LogP contribution in [0.15, 0.2) is 343 Å². The Hall–Kier alpha value is -14.1. The number of oxime groups is 6. The minimum Gasteiger partial charge on any atom is -0.299 e. The van der Waals surface area contributed by atoms with Crippen molar-refractivity contribution in [2.75, 3.05) is 23.5 Å². The molecule has 0 spiro atoms. The Balaban J connectivity index is 0.000000172. The summed E-state index contributed by atoms with van der Waals surface area (Å²) in [5, 5.41) is 92.5. The Bertz CT molecular complexity index is 8280. The molecular weight excluding hydrogens is 2140 g/mol. The lowest BCUT2D eigenvalue weighted by molar-refractivity contribution is -0.128. The van der Waals surface area contributed by atoms with Gasteiger partial charge in [-0.15, -0.1) is 0 Å². The number of hydrogen-bond acceptors (Lipinski definition) is 37. The molecule has 31 nitrogen and oxygen atoms in total. The van der Waals surface area contributed by atoms with Gasteiger partial charge >= 0.3 is 60.7 Å². The second-order valence-electron chi connectivity index (χ2n) is 33.9. The van der Waals surface area contributed by atoms with Gasteiger partial charge in [-0.1, -0.05) is 304 Å². The fourth-order valence-corrected chi connectivity index (χ4v) is 24.6. The van der Waals surface area contributed by atoms with Crippen LogP contribution < -0.4 is 0 Å².